The summed E-state index contributed by atoms with van der Waals surface area (Å²) in [7, 11) is 3.09. The molecule has 27 heavy (non-hydrogen) atoms. The first-order valence-electron chi connectivity index (χ1n) is 8.25. The smallest absolute Gasteiger partial charge is 0.273 e. The van der Waals surface area contributed by atoms with E-state index in [-0.39, 0.29) is 11.3 Å². The van der Waals surface area contributed by atoms with Crippen molar-refractivity contribution in [3.63, 3.8) is 0 Å². The number of benzene rings is 2. The van der Waals surface area contributed by atoms with Crippen LogP contribution in [0.4, 0.5) is 5.69 Å². The largest absolute Gasteiger partial charge is 0.493 e. The second kappa shape index (κ2) is 8.79. The van der Waals surface area contributed by atoms with Gasteiger partial charge < -0.3 is 9.47 Å². The zero-order valence-corrected chi connectivity index (χ0v) is 15.6. The molecular weight excluding hydrogens is 350 g/mol. The first-order chi connectivity index (χ1) is 12.9. The minimum Gasteiger partial charge on any atom is -0.493 e. The molecule has 0 radical (unpaired) electrons. The summed E-state index contributed by atoms with van der Waals surface area (Å²) in [5.41, 5.74) is 4.40. The molecule has 0 aliphatic carbocycles. The zero-order chi connectivity index (χ0) is 20.0. The molecule has 2 aromatic carbocycles. The van der Waals surface area contributed by atoms with Gasteiger partial charge in [0, 0.05) is 22.8 Å². The van der Waals surface area contributed by atoms with Crippen LogP contribution in [0.1, 0.15) is 34.8 Å². The molecule has 8 nitrogen and oxygen atoms in total. The Labute approximate surface area is 157 Å². The molecule has 142 valence electrons. The summed E-state index contributed by atoms with van der Waals surface area (Å²) in [6, 6.07) is 9.63. The van der Waals surface area contributed by atoms with Crippen molar-refractivity contribution in [2.45, 2.75) is 20.3 Å². The van der Waals surface area contributed by atoms with Crippen LogP contribution in [0, 0.1) is 17.0 Å². The Bertz CT molecular complexity index is 893. The van der Waals surface area contributed by atoms with E-state index in [1.165, 1.54) is 25.3 Å². The molecule has 0 spiro atoms. The SMILES string of the molecule is CC/C(=N/NC(=O)c1ccc(C)c([N+](=O)[O-])c1)c1ccc(OC)c(OC)c1. The fourth-order valence-corrected chi connectivity index (χ4v) is 2.49. The standard InChI is InChI=1S/C19H21N3O5/c1-5-15(13-8-9-17(26-3)18(11-13)27-4)20-21-19(23)14-7-6-12(2)16(10-14)22(24)25/h6-11H,5H2,1-4H3,(H,21,23)/b20-15-. The molecule has 1 amide bonds. The minimum atomic E-state index is -0.524. The summed E-state index contributed by atoms with van der Waals surface area (Å²) in [4.78, 5) is 22.8. The number of hydrogen-bond donors (Lipinski definition) is 1. The van der Waals surface area contributed by atoms with Gasteiger partial charge in [-0.2, -0.15) is 5.10 Å². The Morgan fingerprint density at radius 1 is 1.11 bits per heavy atom. The number of hydrogen-bond acceptors (Lipinski definition) is 6. The molecular formula is C19H21N3O5. The van der Waals surface area contributed by atoms with Gasteiger partial charge in [-0.25, -0.2) is 5.43 Å². The summed E-state index contributed by atoms with van der Waals surface area (Å²) >= 11 is 0. The van der Waals surface area contributed by atoms with Crippen LogP contribution < -0.4 is 14.9 Å². The molecule has 0 aromatic heterocycles. The van der Waals surface area contributed by atoms with E-state index in [0.717, 1.165) is 5.56 Å². The first-order valence-corrected chi connectivity index (χ1v) is 8.25. The summed E-state index contributed by atoms with van der Waals surface area (Å²) in [5.74, 6) is 0.619. The van der Waals surface area contributed by atoms with Crippen molar-refractivity contribution >= 4 is 17.3 Å². The summed E-state index contributed by atoms with van der Waals surface area (Å²) < 4.78 is 10.5. The number of carbonyl (C=O) groups excluding carboxylic acids is 1. The van der Waals surface area contributed by atoms with E-state index in [9.17, 15) is 14.9 Å². The van der Waals surface area contributed by atoms with Gasteiger partial charge >= 0.3 is 0 Å². The van der Waals surface area contributed by atoms with Crippen molar-refractivity contribution in [1.29, 1.82) is 0 Å². The number of carbonyl (C=O) groups is 1. The van der Waals surface area contributed by atoms with E-state index in [2.05, 4.69) is 10.5 Å². The van der Waals surface area contributed by atoms with Crippen molar-refractivity contribution in [2.24, 2.45) is 5.10 Å². The van der Waals surface area contributed by atoms with Gasteiger partial charge in [-0.1, -0.05) is 13.0 Å². The molecule has 0 bridgehead atoms. The third kappa shape index (κ3) is 4.60. The Kier molecular flexibility index (Phi) is 6.48. The van der Waals surface area contributed by atoms with Crippen molar-refractivity contribution in [3.05, 3.63) is 63.2 Å². The van der Waals surface area contributed by atoms with E-state index in [0.29, 0.717) is 29.2 Å². The first kappa shape index (κ1) is 19.9. The average Bonchev–Trinajstić information content (AvgIpc) is 2.68. The number of nitro groups is 1. The highest BCUT2D eigenvalue weighted by Crippen LogP contribution is 2.28. The molecule has 8 heteroatoms. The van der Waals surface area contributed by atoms with E-state index in [1.54, 1.807) is 26.2 Å². The number of nitro benzene ring substituents is 1. The van der Waals surface area contributed by atoms with Gasteiger partial charge in [0.05, 0.1) is 24.9 Å². The monoisotopic (exact) mass is 371 g/mol. The second-order valence-corrected chi connectivity index (χ2v) is 5.68. The van der Waals surface area contributed by atoms with Crippen LogP contribution in [0.5, 0.6) is 11.5 Å². The maximum absolute atomic E-state index is 12.3. The molecule has 0 atom stereocenters. The van der Waals surface area contributed by atoms with E-state index in [1.807, 2.05) is 13.0 Å². The van der Waals surface area contributed by atoms with Crippen LogP contribution in [0.15, 0.2) is 41.5 Å². The van der Waals surface area contributed by atoms with Crippen molar-refractivity contribution in [1.82, 2.24) is 5.43 Å². The highest BCUT2D eigenvalue weighted by atomic mass is 16.6. The van der Waals surface area contributed by atoms with Crippen LogP contribution in [-0.2, 0) is 0 Å². The number of nitrogens with one attached hydrogen (secondary N) is 1. The molecule has 0 fully saturated rings. The lowest BCUT2D eigenvalue weighted by Gasteiger charge is -2.11. The molecule has 0 aliphatic heterocycles. The van der Waals surface area contributed by atoms with Gasteiger partial charge in [0.2, 0.25) is 0 Å². The van der Waals surface area contributed by atoms with Gasteiger partial charge in [0.1, 0.15) is 0 Å². The van der Waals surface area contributed by atoms with E-state index < -0.39 is 10.8 Å². The molecule has 0 saturated heterocycles. The Morgan fingerprint density at radius 2 is 1.78 bits per heavy atom. The summed E-state index contributed by atoms with van der Waals surface area (Å²) in [5, 5.41) is 15.2. The second-order valence-electron chi connectivity index (χ2n) is 5.68. The lowest BCUT2D eigenvalue weighted by molar-refractivity contribution is -0.385. The van der Waals surface area contributed by atoms with E-state index >= 15 is 0 Å². The van der Waals surface area contributed by atoms with Crippen molar-refractivity contribution < 1.29 is 19.2 Å². The van der Waals surface area contributed by atoms with Crippen LogP contribution in [-0.4, -0.2) is 30.8 Å². The quantitative estimate of drug-likeness (QED) is 0.456. The molecule has 0 unspecified atom stereocenters. The van der Waals surface area contributed by atoms with Crippen LogP contribution in [0.25, 0.3) is 0 Å². The number of ether oxygens (including phenoxy) is 2. The lowest BCUT2D eigenvalue weighted by Crippen LogP contribution is -2.20. The maximum Gasteiger partial charge on any atom is 0.273 e. The molecule has 0 aliphatic rings. The van der Waals surface area contributed by atoms with Crippen LogP contribution in [0.2, 0.25) is 0 Å². The fourth-order valence-electron chi connectivity index (χ4n) is 2.49. The Balaban J connectivity index is 2.25. The highest BCUT2D eigenvalue weighted by Gasteiger charge is 2.15. The van der Waals surface area contributed by atoms with Crippen molar-refractivity contribution in [2.75, 3.05) is 14.2 Å². The number of methoxy groups -OCH3 is 2. The predicted molar refractivity (Wildman–Crippen MR) is 102 cm³/mol. The summed E-state index contributed by atoms with van der Waals surface area (Å²) in [6.07, 6.45) is 0.559. The predicted octanol–water partition coefficient (Wildman–Crippen LogP) is 3.46. The van der Waals surface area contributed by atoms with Gasteiger partial charge in [-0.15, -0.1) is 0 Å². The highest BCUT2D eigenvalue weighted by molar-refractivity contribution is 6.02. The van der Waals surface area contributed by atoms with Gasteiger partial charge in [0.25, 0.3) is 11.6 Å². The number of aryl methyl sites for hydroxylation is 1. The normalized spacial score (nSPS) is 11.0. The van der Waals surface area contributed by atoms with Crippen molar-refractivity contribution in [3.8, 4) is 11.5 Å². The molecule has 0 heterocycles. The molecule has 2 aromatic rings. The molecule has 0 saturated carbocycles. The van der Waals surface area contributed by atoms with E-state index in [4.69, 9.17) is 9.47 Å². The van der Waals surface area contributed by atoms with Crippen LogP contribution in [0.3, 0.4) is 0 Å². The van der Waals surface area contributed by atoms with Gasteiger partial charge in [-0.3, -0.25) is 14.9 Å². The third-order valence-electron chi connectivity index (χ3n) is 4.01. The zero-order valence-electron chi connectivity index (χ0n) is 15.6. The number of hydrazone groups is 1. The van der Waals surface area contributed by atoms with Crippen LogP contribution >= 0.6 is 0 Å². The number of nitrogens with zero attached hydrogens (tertiary/aromatic N) is 2. The lowest BCUT2D eigenvalue weighted by atomic mass is 10.1. The number of amides is 1. The van der Waals surface area contributed by atoms with Gasteiger partial charge in [0.15, 0.2) is 11.5 Å². The average molecular weight is 371 g/mol. The molecule has 2 rings (SSSR count). The summed E-state index contributed by atoms with van der Waals surface area (Å²) in [6.45, 7) is 3.52. The fraction of sp³-hybridized carbons (Fsp3) is 0.263. The minimum absolute atomic E-state index is 0.109. The van der Waals surface area contributed by atoms with Gasteiger partial charge in [-0.05, 0) is 37.6 Å². The topological polar surface area (TPSA) is 103 Å². The maximum atomic E-state index is 12.3. The Hall–Kier alpha value is -3.42. The third-order valence-corrected chi connectivity index (χ3v) is 4.01. The Morgan fingerprint density at radius 3 is 2.37 bits per heavy atom. The number of rotatable bonds is 7. The molecule has 1 N–H and O–H groups in total.